The Labute approximate surface area is 196 Å². The Kier molecular flexibility index (Phi) is 7.44. The van der Waals surface area contributed by atoms with Crippen LogP contribution in [0.5, 0.6) is 0 Å². The number of amides is 1. The topological polar surface area (TPSA) is 101 Å². The van der Waals surface area contributed by atoms with Crippen LogP contribution >= 0.6 is 23.1 Å². The van der Waals surface area contributed by atoms with Crippen molar-refractivity contribution < 1.29 is 4.79 Å². The van der Waals surface area contributed by atoms with Crippen LogP contribution in [0.4, 0.5) is 16.8 Å². The molecule has 0 spiro atoms. The molecule has 0 bridgehead atoms. The number of nitrogens with one attached hydrogen (secondary N) is 1. The molecule has 0 unspecified atom stereocenters. The first kappa shape index (κ1) is 22.8. The number of carbonyl (C=O) groups excluding carboxylic acids is 1. The summed E-state index contributed by atoms with van der Waals surface area (Å²) in [6, 6.07) is 4.08. The third-order valence-electron chi connectivity index (χ3n) is 5.74. The first-order valence-corrected chi connectivity index (χ1v) is 12.6. The predicted octanol–water partition coefficient (Wildman–Crippen LogP) is 2.79. The predicted molar refractivity (Wildman–Crippen MR) is 128 cm³/mol. The van der Waals surface area contributed by atoms with Gasteiger partial charge in [-0.25, -0.2) is 15.0 Å². The van der Waals surface area contributed by atoms with Gasteiger partial charge in [0.2, 0.25) is 5.91 Å². The molecule has 4 heterocycles. The number of carbonyl (C=O) groups is 1. The van der Waals surface area contributed by atoms with Crippen molar-refractivity contribution >= 4 is 45.8 Å². The van der Waals surface area contributed by atoms with Crippen LogP contribution < -0.4 is 10.2 Å². The van der Waals surface area contributed by atoms with Crippen molar-refractivity contribution in [3.05, 3.63) is 17.1 Å². The second kappa shape index (κ2) is 10.5. The van der Waals surface area contributed by atoms with E-state index in [4.69, 9.17) is 15.2 Å². The van der Waals surface area contributed by atoms with Crippen LogP contribution in [0.15, 0.2) is 17.4 Å². The maximum Gasteiger partial charge on any atom is 0.222 e. The first-order valence-electron chi connectivity index (χ1n) is 10.9. The van der Waals surface area contributed by atoms with Gasteiger partial charge in [0.1, 0.15) is 22.6 Å². The van der Waals surface area contributed by atoms with Gasteiger partial charge in [-0.05, 0) is 19.9 Å². The first-order chi connectivity index (χ1) is 15.5. The van der Waals surface area contributed by atoms with Crippen molar-refractivity contribution in [1.29, 1.82) is 5.26 Å². The van der Waals surface area contributed by atoms with Gasteiger partial charge in [0.25, 0.3) is 0 Å². The maximum atomic E-state index is 12.0. The van der Waals surface area contributed by atoms with Crippen LogP contribution in [-0.2, 0) is 4.79 Å². The fourth-order valence-electron chi connectivity index (χ4n) is 3.82. The maximum absolute atomic E-state index is 12.0. The molecule has 2 aromatic rings. The van der Waals surface area contributed by atoms with Gasteiger partial charge in [-0.1, -0.05) is 30.0 Å². The minimum Gasteiger partial charge on any atom is -0.354 e. The molecule has 9 nitrogen and oxygen atoms in total. The summed E-state index contributed by atoms with van der Waals surface area (Å²) < 4.78 is 0. The molecular formula is C21H28N8OS2. The van der Waals surface area contributed by atoms with Crippen molar-refractivity contribution in [3.63, 3.8) is 0 Å². The van der Waals surface area contributed by atoms with E-state index in [1.165, 1.54) is 11.3 Å². The molecule has 0 radical (unpaired) electrons. The number of aromatic nitrogens is 3. The molecule has 0 saturated carbocycles. The largest absolute Gasteiger partial charge is 0.354 e. The summed E-state index contributed by atoms with van der Waals surface area (Å²) in [5.41, 5.74) is 0. The number of piperidine rings is 1. The Bertz CT molecular complexity index is 974. The van der Waals surface area contributed by atoms with Gasteiger partial charge in [-0.2, -0.15) is 5.26 Å². The SMILES string of the molecule is CCC(=O)N1CCC(Sc2nc(Nc3ncc(C#N)s3)cc(N3CCN(C)CC3)n2)CC1. The molecule has 0 aliphatic carbocycles. The monoisotopic (exact) mass is 472 g/mol. The van der Waals surface area contributed by atoms with Crippen molar-refractivity contribution in [2.24, 2.45) is 0 Å². The van der Waals surface area contributed by atoms with Crippen LogP contribution in [0, 0.1) is 11.3 Å². The Morgan fingerprint density at radius 3 is 2.66 bits per heavy atom. The lowest BCUT2D eigenvalue weighted by atomic mass is 10.1. The highest BCUT2D eigenvalue weighted by Crippen LogP contribution is 2.32. The van der Waals surface area contributed by atoms with Gasteiger partial charge < -0.3 is 20.0 Å². The van der Waals surface area contributed by atoms with Crippen LogP contribution in [0.25, 0.3) is 0 Å². The van der Waals surface area contributed by atoms with Gasteiger partial charge in [0.05, 0.1) is 6.20 Å². The van der Waals surface area contributed by atoms with E-state index in [-0.39, 0.29) is 5.91 Å². The average molecular weight is 473 g/mol. The number of likely N-dealkylation sites (N-methyl/N-ethyl adjacent to an activating group) is 1. The second-order valence-electron chi connectivity index (χ2n) is 8.00. The fraction of sp³-hybridized carbons (Fsp3) is 0.571. The number of thioether (sulfide) groups is 1. The van der Waals surface area contributed by atoms with Crippen LogP contribution in [-0.4, -0.2) is 82.2 Å². The molecule has 1 N–H and O–H groups in total. The Hall–Kier alpha value is -2.42. The molecule has 170 valence electrons. The van der Waals surface area contributed by atoms with E-state index in [2.05, 4.69) is 33.2 Å². The molecule has 2 aromatic heterocycles. The van der Waals surface area contributed by atoms with Crippen molar-refractivity contribution in [1.82, 2.24) is 24.8 Å². The highest BCUT2D eigenvalue weighted by atomic mass is 32.2. The van der Waals surface area contributed by atoms with Crippen LogP contribution in [0.1, 0.15) is 31.1 Å². The fourth-order valence-corrected chi connectivity index (χ4v) is 5.48. The zero-order valence-corrected chi connectivity index (χ0v) is 20.1. The quantitative estimate of drug-likeness (QED) is 0.636. The normalized spacial score (nSPS) is 17.9. The number of anilines is 3. The average Bonchev–Trinajstić information content (AvgIpc) is 3.27. The number of hydrogen-bond acceptors (Lipinski definition) is 10. The third kappa shape index (κ3) is 5.68. The van der Waals surface area contributed by atoms with E-state index in [9.17, 15) is 4.79 Å². The summed E-state index contributed by atoms with van der Waals surface area (Å²) in [5, 5.41) is 14.1. The Morgan fingerprint density at radius 1 is 1.25 bits per heavy atom. The van der Waals surface area contributed by atoms with E-state index in [1.54, 1.807) is 18.0 Å². The van der Waals surface area contributed by atoms with Gasteiger partial charge in [-0.15, -0.1) is 0 Å². The number of nitriles is 1. The number of hydrogen-bond donors (Lipinski definition) is 1. The molecule has 2 aliphatic rings. The highest BCUT2D eigenvalue weighted by molar-refractivity contribution is 7.99. The smallest absolute Gasteiger partial charge is 0.222 e. The summed E-state index contributed by atoms with van der Waals surface area (Å²) >= 11 is 3.00. The Balaban J connectivity index is 1.50. The number of likely N-dealkylation sites (tertiary alicyclic amines) is 1. The lowest BCUT2D eigenvalue weighted by molar-refractivity contribution is -0.131. The lowest BCUT2D eigenvalue weighted by Gasteiger charge is -2.34. The molecule has 0 atom stereocenters. The number of piperazine rings is 1. The summed E-state index contributed by atoms with van der Waals surface area (Å²) in [6.45, 7) is 7.34. The molecule has 1 amide bonds. The lowest BCUT2D eigenvalue weighted by Crippen LogP contribution is -2.44. The van der Waals surface area contributed by atoms with Gasteiger partial charge in [0.15, 0.2) is 10.3 Å². The van der Waals surface area contributed by atoms with E-state index in [0.29, 0.717) is 27.5 Å². The zero-order valence-electron chi connectivity index (χ0n) is 18.5. The standard InChI is InChI=1S/C21H28N8OS2/c1-3-19(30)29-6-4-15(5-7-29)31-21-25-17(24-20-23-14-16(13-22)32-20)12-18(26-21)28-10-8-27(2)9-11-28/h12,14-15H,3-11H2,1-2H3,(H,23,24,25,26). The van der Waals surface area contributed by atoms with E-state index >= 15 is 0 Å². The summed E-state index contributed by atoms with van der Waals surface area (Å²) in [6.07, 6.45) is 4.02. The van der Waals surface area contributed by atoms with E-state index in [0.717, 1.165) is 63.1 Å². The summed E-state index contributed by atoms with van der Waals surface area (Å²) in [7, 11) is 2.14. The molecule has 0 aromatic carbocycles. The van der Waals surface area contributed by atoms with Crippen molar-refractivity contribution in [2.45, 2.75) is 36.6 Å². The van der Waals surface area contributed by atoms with E-state index < -0.39 is 0 Å². The van der Waals surface area contributed by atoms with Crippen LogP contribution in [0.2, 0.25) is 0 Å². The summed E-state index contributed by atoms with van der Waals surface area (Å²) in [4.78, 5) is 33.0. The molecule has 32 heavy (non-hydrogen) atoms. The van der Waals surface area contributed by atoms with Crippen molar-refractivity contribution in [3.8, 4) is 6.07 Å². The molecular weight excluding hydrogens is 444 g/mol. The summed E-state index contributed by atoms with van der Waals surface area (Å²) in [5.74, 6) is 1.83. The number of thiazole rings is 1. The molecule has 2 aliphatic heterocycles. The zero-order chi connectivity index (χ0) is 22.5. The van der Waals surface area contributed by atoms with Crippen LogP contribution in [0.3, 0.4) is 0 Å². The van der Waals surface area contributed by atoms with Gasteiger partial charge >= 0.3 is 0 Å². The highest BCUT2D eigenvalue weighted by Gasteiger charge is 2.24. The molecule has 2 saturated heterocycles. The number of nitrogens with zero attached hydrogens (tertiary/aromatic N) is 7. The number of rotatable bonds is 6. The molecule has 11 heteroatoms. The second-order valence-corrected chi connectivity index (χ2v) is 10.3. The van der Waals surface area contributed by atoms with Crippen molar-refractivity contribution in [2.75, 3.05) is 56.5 Å². The third-order valence-corrected chi connectivity index (χ3v) is 7.76. The molecule has 2 fully saturated rings. The van der Waals surface area contributed by atoms with E-state index in [1.807, 2.05) is 17.9 Å². The van der Waals surface area contributed by atoms with Gasteiger partial charge in [-0.3, -0.25) is 4.79 Å². The molecule has 4 rings (SSSR count). The van der Waals surface area contributed by atoms with Gasteiger partial charge in [0, 0.05) is 57.0 Å². The minimum absolute atomic E-state index is 0.230. The minimum atomic E-state index is 0.230. The Morgan fingerprint density at radius 2 is 2.00 bits per heavy atom.